The van der Waals surface area contributed by atoms with Gasteiger partial charge in [-0.15, -0.1) is 11.3 Å². The summed E-state index contributed by atoms with van der Waals surface area (Å²) in [5.41, 5.74) is 1.69. The third kappa shape index (κ3) is 5.25. The molecule has 3 rings (SSSR count). The van der Waals surface area contributed by atoms with Crippen molar-refractivity contribution in [3.8, 4) is 0 Å². The lowest BCUT2D eigenvalue weighted by Gasteiger charge is -2.07. The van der Waals surface area contributed by atoms with E-state index in [1.807, 2.05) is 0 Å². The molecule has 0 aliphatic carbocycles. The number of thiazole rings is 1. The SMILES string of the molecule is CC(=O)Nc1cccc(NC(=O)Cc2csc(NC(=O)c3ccco3)n2)c1. The summed E-state index contributed by atoms with van der Waals surface area (Å²) in [6.45, 7) is 1.41. The fourth-order valence-electron chi connectivity index (χ4n) is 2.26. The molecule has 0 aliphatic rings. The second-order valence-corrected chi connectivity index (χ2v) is 6.42. The van der Waals surface area contributed by atoms with Crippen LogP contribution in [0.15, 0.2) is 52.5 Å². The number of carbonyl (C=O) groups excluding carboxylic acids is 3. The van der Waals surface area contributed by atoms with Crippen molar-refractivity contribution < 1.29 is 18.8 Å². The minimum Gasteiger partial charge on any atom is -0.459 e. The van der Waals surface area contributed by atoms with E-state index < -0.39 is 5.91 Å². The zero-order chi connectivity index (χ0) is 19.2. The Morgan fingerprint density at radius 3 is 2.56 bits per heavy atom. The van der Waals surface area contributed by atoms with Crippen molar-refractivity contribution in [3.63, 3.8) is 0 Å². The second kappa shape index (κ2) is 8.28. The van der Waals surface area contributed by atoms with E-state index in [1.165, 1.54) is 24.5 Å². The van der Waals surface area contributed by atoms with Crippen LogP contribution >= 0.6 is 11.3 Å². The van der Waals surface area contributed by atoms with Crippen molar-refractivity contribution in [3.05, 3.63) is 59.5 Å². The number of furan rings is 1. The van der Waals surface area contributed by atoms with Gasteiger partial charge in [-0.3, -0.25) is 19.7 Å². The molecule has 138 valence electrons. The van der Waals surface area contributed by atoms with Gasteiger partial charge in [0.15, 0.2) is 10.9 Å². The van der Waals surface area contributed by atoms with Gasteiger partial charge in [0.1, 0.15) is 0 Å². The van der Waals surface area contributed by atoms with Crippen LogP contribution in [-0.2, 0) is 16.0 Å². The predicted molar refractivity (Wildman–Crippen MR) is 102 cm³/mol. The Kier molecular flexibility index (Phi) is 5.62. The van der Waals surface area contributed by atoms with Crippen LogP contribution in [-0.4, -0.2) is 22.7 Å². The summed E-state index contributed by atoms with van der Waals surface area (Å²) in [7, 11) is 0. The number of hydrogen-bond acceptors (Lipinski definition) is 6. The summed E-state index contributed by atoms with van der Waals surface area (Å²) in [6.07, 6.45) is 1.46. The predicted octanol–water partition coefficient (Wildman–Crippen LogP) is 3.13. The Bertz CT molecular complexity index is 965. The Morgan fingerprint density at radius 2 is 1.85 bits per heavy atom. The molecular weight excluding hydrogens is 368 g/mol. The molecule has 2 heterocycles. The zero-order valence-corrected chi connectivity index (χ0v) is 15.1. The van der Waals surface area contributed by atoms with E-state index in [4.69, 9.17) is 4.42 Å². The van der Waals surface area contributed by atoms with E-state index in [2.05, 4.69) is 20.9 Å². The lowest BCUT2D eigenvalue weighted by atomic mass is 10.2. The smallest absolute Gasteiger partial charge is 0.293 e. The molecule has 0 fully saturated rings. The number of aromatic nitrogens is 1. The molecule has 3 amide bonds. The van der Waals surface area contributed by atoms with E-state index >= 15 is 0 Å². The summed E-state index contributed by atoms with van der Waals surface area (Å²) in [5.74, 6) is -0.669. The number of hydrogen-bond donors (Lipinski definition) is 3. The Balaban J connectivity index is 1.56. The maximum absolute atomic E-state index is 12.2. The number of carbonyl (C=O) groups is 3. The van der Waals surface area contributed by atoms with Gasteiger partial charge >= 0.3 is 0 Å². The number of nitrogens with one attached hydrogen (secondary N) is 3. The molecule has 2 aromatic heterocycles. The average Bonchev–Trinajstić information content (AvgIpc) is 3.26. The normalized spacial score (nSPS) is 10.3. The van der Waals surface area contributed by atoms with E-state index in [9.17, 15) is 14.4 Å². The van der Waals surface area contributed by atoms with Crippen molar-refractivity contribution in [1.82, 2.24) is 4.98 Å². The van der Waals surface area contributed by atoms with Crippen LogP contribution in [0.5, 0.6) is 0 Å². The van der Waals surface area contributed by atoms with Gasteiger partial charge in [-0.1, -0.05) is 6.07 Å². The Hall–Kier alpha value is -3.46. The van der Waals surface area contributed by atoms with Gasteiger partial charge in [0.05, 0.1) is 18.4 Å². The highest BCUT2D eigenvalue weighted by molar-refractivity contribution is 7.14. The Labute approximate surface area is 158 Å². The largest absolute Gasteiger partial charge is 0.459 e. The third-order valence-electron chi connectivity index (χ3n) is 3.33. The van der Waals surface area contributed by atoms with E-state index in [-0.39, 0.29) is 24.0 Å². The lowest BCUT2D eigenvalue weighted by Crippen LogP contribution is -2.15. The fourth-order valence-corrected chi connectivity index (χ4v) is 2.96. The van der Waals surface area contributed by atoms with Crippen molar-refractivity contribution >= 4 is 45.6 Å². The van der Waals surface area contributed by atoms with E-state index in [0.717, 1.165) is 0 Å². The lowest BCUT2D eigenvalue weighted by molar-refractivity contribution is -0.116. The number of benzene rings is 1. The van der Waals surface area contributed by atoms with Crippen molar-refractivity contribution in [1.29, 1.82) is 0 Å². The topological polar surface area (TPSA) is 113 Å². The summed E-state index contributed by atoms with van der Waals surface area (Å²) in [6, 6.07) is 10.0. The van der Waals surface area contributed by atoms with E-state index in [0.29, 0.717) is 22.2 Å². The molecule has 0 radical (unpaired) electrons. The van der Waals surface area contributed by atoms with Crippen LogP contribution in [0.4, 0.5) is 16.5 Å². The van der Waals surface area contributed by atoms with Crippen LogP contribution in [0.2, 0.25) is 0 Å². The molecule has 0 saturated heterocycles. The molecule has 27 heavy (non-hydrogen) atoms. The first-order chi connectivity index (χ1) is 13.0. The molecular formula is C18H16N4O4S. The van der Waals surface area contributed by atoms with Crippen molar-refractivity contribution in [2.75, 3.05) is 16.0 Å². The summed E-state index contributed by atoms with van der Waals surface area (Å²) >= 11 is 1.22. The van der Waals surface area contributed by atoms with Gasteiger partial charge in [0.25, 0.3) is 5.91 Å². The molecule has 0 unspecified atom stereocenters. The number of anilines is 3. The second-order valence-electron chi connectivity index (χ2n) is 5.56. The molecule has 8 nitrogen and oxygen atoms in total. The first-order valence-electron chi connectivity index (χ1n) is 7.96. The van der Waals surface area contributed by atoms with Gasteiger partial charge in [0.2, 0.25) is 11.8 Å². The van der Waals surface area contributed by atoms with Gasteiger partial charge in [0, 0.05) is 23.7 Å². The van der Waals surface area contributed by atoms with E-state index in [1.54, 1.807) is 41.8 Å². The standard InChI is InChI=1S/C18H16N4O4S/c1-11(23)19-12-4-2-5-13(8-12)20-16(24)9-14-10-27-18(21-14)22-17(25)15-6-3-7-26-15/h2-8,10H,9H2,1H3,(H,19,23)(H,20,24)(H,21,22,25). The first kappa shape index (κ1) is 18.3. The summed E-state index contributed by atoms with van der Waals surface area (Å²) in [4.78, 5) is 39.4. The average molecular weight is 384 g/mol. The monoisotopic (exact) mass is 384 g/mol. The maximum Gasteiger partial charge on any atom is 0.293 e. The van der Waals surface area contributed by atoms with Crippen LogP contribution < -0.4 is 16.0 Å². The van der Waals surface area contributed by atoms with Gasteiger partial charge < -0.3 is 15.1 Å². The molecule has 0 bridgehead atoms. The minimum absolute atomic E-state index is 0.0531. The molecule has 9 heteroatoms. The molecule has 3 N–H and O–H groups in total. The minimum atomic E-state index is -0.403. The fraction of sp³-hybridized carbons (Fsp3) is 0.111. The summed E-state index contributed by atoms with van der Waals surface area (Å²) in [5, 5.41) is 10.1. The molecule has 0 atom stereocenters. The molecule has 0 aliphatic heterocycles. The Morgan fingerprint density at radius 1 is 1.07 bits per heavy atom. The third-order valence-corrected chi connectivity index (χ3v) is 4.13. The van der Waals surface area contributed by atoms with Crippen molar-refractivity contribution in [2.24, 2.45) is 0 Å². The number of nitrogens with zero attached hydrogens (tertiary/aromatic N) is 1. The van der Waals surface area contributed by atoms with Crippen molar-refractivity contribution in [2.45, 2.75) is 13.3 Å². The van der Waals surface area contributed by atoms with Gasteiger partial charge in [-0.05, 0) is 30.3 Å². The molecule has 0 saturated carbocycles. The number of amides is 3. The quantitative estimate of drug-likeness (QED) is 0.604. The maximum atomic E-state index is 12.2. The highest BCUT2D eigenvalue weighted by atomic mass is 32.1. The van der Waals surface area contributed by atoms with Crippen LogP contribution in [0.25, 0.3) is 0 Å². The van der Waals surface area contributed by atoms with Gasteiger partial charge in [-0.2, -0.15) is 0 Å². The molecule has 3 aromatic rings. The molecule has 0 spiro atoms. The van der Waals surface area contributed by atoms with Crippen LogP contribution in [0.3, 0.4) is 0 Å². The summed E-state index contributed by atoms with van der Waals surface area (Å²) < 4.78 is 5.01. The molecule has 1 aromatic carbocycles. The van der Waals surface area contributed by atoms with Gasteiger partial charge in [-0.25, -0.2) is 4.98 Å². The van der Waals surface area contributed by atoms with Crippen LogP contribution in [0.1, 0.15) is 23.2 Å². The number of rotatable bonds is 6. The highest BCUT2D eigenvalue weighted by Crippen LogP contribution is 2.19. The van der Waals surface area contributed by atoms with Crippen LogP contribution in [0, 0.1) is 0 Å². The zero-order valence-electron chi connectivity index (χ0n) is 14.3. The highest BCUT2D eigenvalue weighted by Gasteiger charge is 2.13. The first-order valence-corrected chi connectivity index (χ1v) is 8.84.